The fourth-order valence-electron chi connectivity index (χ4n) is 4.87. The smallest absolute Gasteiger partial charge is 0.328 e. The van der Waals surface area contributed by atoms with Gasteiger partial charge in [-0.1, -0.05) is 6.92 Å². The van der Waals surface area contributed by atoms with Gasteiger partial charge in [-0.15, -0.1) is 12.4 Å². The van der Waals surface area contributed by atoms with Gasteiger partial charge >= 0.3 is 12.0 Å². The Bertz CT molecular complexity index is 1260. The third-order valence-corrected chi connectivity index (χ3v) is 7.18. The summed E-state index contributed by atoms with van der Waals surface area (Å²) in [5.41, 5.74) is 5.85. The lowest BCUT2D eigenvalue weighted by Gasteiger charge is -2.42. The van der Waals surface area contributed by atoms with E-state index in [1.165, 1.54) is 18.0 Å². The van der Waals surface area contributed by atoms with E-state index < -0.39 is 23.9 Å². The minimum Gasteiger partial charge on any atom is -0.467 e. The molecule has 0 bridgehead atoms. The summed E-state index contributed by atoms with van der Waals surface area (Å²) in [5.74, 6) is -0.440. The second kappa shape index (κ2) is 15.7. The van der Waals surface area contributed by atoms with Crippen LogP contribution in [0.15, 0.2) is 18.6 Å². The molecule has 1 aliphatic rings. The van der Waals surface area contributed by atoms with E-state index in [0.29, 0.717) is 55.7 Å². The Kier molecular flexibility index (Phi) is 12.8. The van der Waals surface area contributed by atoms with Crippen molar-refractivity contribution in [3.05, 3.63) is 18.6 Å². The molecule has 0 aliphatic carbocycles. The normalized spacial score (nSPS) is 17.1. The van der Waals surface area contributed by atoms with E-state index in [0.717, 1.165) is 6.42 Å². The van der Waals surface area contributed by atoms with Crippen molar-refractivity contribution in [2.24, 2.45) is 11.7 Å². The molecule has 2 aromatic rings. The molecule has 41 heavy (non-hydrogen) atoms. The zero-order valence-electron chi connectivity index (χ0n) is 23.5. The molecule has 0 unspecified atom stereocenters. The molecular weight excluding hydrogens is 554 g/mol. The van der Waals surface area contributed by atoms with Crippen molar-refractivity contribution >= 4 is 53.1 Å². The maximum absolute atomic E-state index is 12.9. The molecule has 3 atom stereocenters. The average Bonchev–Trinajstić information content (AvgIpc) is 3.39. The summed E-state index contributed by atoms with van der Waals surface area (Å²) in [7, 11) is 3.13. The van der Waals surface area contributed by atoms with Crippen LogP contribution in [0.5, 0.6) is 0 Å². The van der Waals surface area contributed by atoms with Crippen molar-refractivity contribution in [3.63, 3.8) is 0 Å². The quantitative estimate of drug-likeness (QED) is 0.249. The van der Waals surface area contributed by atoms with Crippen LogP contribution in [0.4, 0.5) is 10.6 Å². The third-order valence-electron chi connectivity index (χ3n) is 7.18. The minimum atomic E-state index is -0.826. The van der Waals surface area contributed by atoms with Gasteiger partial charge in [-0.25, -0.2) is 19.6 Å². The summed E-state index contributed by atoms with van der Waals surface area (Å²) in [6.45, 7) is 3.29. The number of nitrogens with zero attached hydrogens (tertiary/aromatic N) is 6. The number of likely N-dealkylation sites (tertiary alicyclic amines) is 1. The number of nitrogens with two attached hydrogens (primary N) is 1. The van der Waals surface area contributed by atoms with E-state index in [1.807, 2.05) is 18.0 Å². The van der Waals surface area contributed by atoms with E-state index in [9.17, 15) is 19.2 Å². The van der Waals surface area contributed by atoms with Crippen LogP contribution in [0, 0.1) is 17.2 Å². The average molecular weight is 592 g/mol. The highest BCUT2D eigenvalue weighted by Crippen LogP contribution is 2.29. The molecule has 0 spiro atoms. The maximum atomic E-state index is 12.9. The van der Waals surface area contributed by atoms with Gasteiger partial charge in [-0.3, -0.25) is 14.2 Å². The van der Waals surface area contributed by atoms with Gasteiger partial charge in [0.05, 0.1) is 31.2 Å². The van der Waals surface area contributed by atoms with Crippen LogP contribution in [0.25, 0.3) is 11.0 Å². The number of carbonyl (C=O) groups is 4. The fourth-order valence-corrected chi connectivity index (χ4v) is 4.87. The van der Waals surface area contributed by atoms with Gasteiger partial charge in [0.15, 0.2) is 5.65 Å². The van der Waals surface area contributed by atoms with Crippen LogP contribution in [-0.4, -0.2) is 95.7 Å². The van der Waals surface area contributed by atoms with E-state index >= 15 is 0 Å². The molecule has 15 heteroatoms. The molecule has 4 N–H and O–H groups in total. The summed E-state index contributed by atoms with van der Waals surface area (Å²) >= 11 is 0. The number of fused-ring (bicyclic) bond motifs is 1. The number of nitrogens with one attached hydrogen (secondary N) is 2. The minimum absolute atomic E-state index is 0. The molecule has 1 fully saturated rings. The zero-order valence-corrected chi connectivity index (χ0v) is 24.4. The Hall–Kier alpha value is -3.96. The first-order chi connectivity index (χ1) is 19.2. The van der Waals surface area contributed by atoms with Gasteiger partial charge in [0.25, 0.3) is 0 Å². The number of unbranched alkanes of at least 4 members (excludes halogenated alkanes) is 1. The van der Waals surface area contributed by atoms with Crippen LogP contribution in [0.2, 0.25) is 0 Å². The molecule has 1 saturated heterocycles. The Balaban J connectivity index is 0.00000588. The molecule has 224 valence electrons. The summed E-state index contributed by atoms with van der Waals surface area (Å²) in [5, 5.41) is 14.7. The summed E-state index contributed by atoms with van der Waals surface area (Å²) in [4.78, 5) is 62.2. The number of nitriles is 1. The number of amides is 3. The van der Waals surface area contributed by atoms with Gasteiger partial charge in [0.1, 0.15) is 24.6 Å². The molecule has 3 rings (SSSR count). The van der Waals surface area contributed by atoms with Crippen LogP contribution >= 0.6 is 12.4 Å². The Morgan fingerprint density at radius 1 is 1.29 bits per heavy atom. The van der Waals surface area contributed by atoms with Crippen molar-refractivity contribution in [1.29, 1.82) is 5.26 Å². The SMILES string of the molecule is COC(=O)[C@H](CCCCN)NC(=O)CNC(=O)n1ccc2c(N(C)[C@H]3CN(C(=O)CC#N)CC[C@H]3C)ncnc21.Cl. The lowest BCUT2D eigenvalue weighted by molar-refractivity contribution is -0.145. The zero-order chi connectivity index (χ0) is 29.2. The number of esters is 1. The topological polar surface area (TPSA) is 189 Å². The lowest BCUT2D eigenvalue weighted by atomic mass is 9.92. The number of aromatic nitrogens is 3. The second-order valence-electron chi connectivity index (χ2n) is 9.83. The van der Waals surface area contributed by atoms with Crippen molar-refractivity contribution < 1.29 is 23.9 Å². The van der Waals surface area contributed by atoms with Crippen LogP contribution in [0.1, 0.15) is 39.0 Å². The monoisotopic (exact) mass is 591 g/mol. The number of carbonyl (C=O) groups excluding carboxylic acids is 4. The molecule has 0 radical (unpaired) electrons. The van der Waals surface area contributed by atoms with E-state index in [1.54, 1.807) is 17.2 Å². The highest BCUT2D eigenvalue weighted by molar-refractivity contribution is 5.96. The molecule has 2 aromatic heterocycles. The number of rotatable bonds is 11. The first-order valence-electron chi connectivity index (χ1n) is 13.3. The Morgan fingerprint density at radius 2 is 2.05 bits per heavy atom. The first kappa shape index (κ1) is 33.2. The Morgan fingerprint density at radius 3 is 2.73 bits per heavy atom. The summed E-state index contributed by atoms with van der Waals surface area (Å²) < 4.78 is 6.04. The van der Waals surface area contributed by atoms with E-state index in [-0.39, 0.29) is 43.2 Å². The third kappa shape index (κ3) is 8.27. The maximum Gasteiger partial charge on any atom is 0.328 e. The standard InChI is InChI=1S/C26H37N9O5.ClH/c1-17-8-12-34(22(37)7-11-28)15-20(17)33(2)23-18-9-13-35(24(18)31-16-30-23)26(39)29-14-21(36)32-19(25(38)40-3)6-4-5-10-27;/h9,13,16-17,19-20H,4-8,10,12,14-15,27H2,1-3H3,(H,29,39)(H,32,36);1H/t17-,19+,20+;/m1./s1. The van der Waals surface area contributed by atoms with Crippen molar-refractivity contribution in [2.45, 2.75) is 51.1 Å². The van der Waals surface area contributed by atoms with Crippen molar-refractivity contribution in [1.82, 2.24) is 30.1 Å². The number of halogens is 1. The van der Waals surface area contributed by atoms with Gasteiger partial charge in [0, 0.05) is 26.3 Å². The molecule has 1 aliphatic heterocycles. The Labute approximate surface area is 245 Å². The van der Waals surface area contributed by atoms with E-state index in [4.69, 9.17) is 15.7 Å². The van der Waals surface area contributed by atoms with Crippen LogP contribution in [0.3, 0.4) is 0 Å². The molecule has 3 amide bonds. The summed E-state index contributed by atoms with van der Waals surface area (Å²) in [6, 6.07) is 2.18. The number of likely N-dealkylation sites (N-methyl/N-ethyl adjacent to an activating group) is 1. The van der Waals surface area contributed by atoms with Crippen LogP contribution < -0.4 is 21.3 Å². The van der Waals surface area contributed by atoms with Gasteiger partial charge in [0.2, 0.25) is 11.8 Å². The molecule has 14 nitrogen and oxygen atoms in total. The van der Waals surface area contributed by atoms with Gasteiger partial charge < -0.3 is 30.9 Å². The summed E-state index contributed by atoms with van der Waals surface area (Å²) in [6.07, 6.45) is 5.26. The predicted molar refractivity (Wildman–Crippen MR) is 153 cm³/mol. The van der Waals surface area contributed by atoms with Gasteiger partial charge in [-0.2, -0.15) is 5.26 Å². The molecule has 0 aromatic carbocycles. The molecule has 0 saturated carbocycles. The highest BCUT2D eigenvalue weighted by atomic mass is 35.5. The number of piperidine rings is 1. The number of anilines is 1. The molecule has 3 heterocycles. The van der Waals surface area contributed by atoms with Crippen LogP contribution in [-0.2, 0) is 19.1 Å². The second-order valence-corrected chi connectivity index (χ2v) is 9.83. The van der Waals surface area contributed by atoms with Crippen molar-refractivity contribution in [3.8, 4) is 6.07 Å². The largest absolute Gasteiger partial charge is 0.467 e. The van der Waals surface area contributed by atoms with Gasteiger partial charge in [-0.05, 0) is 44.2 Å². The van der Waals surface area contributed by atoms with Crippen molar-refractivity contribution in [2.75, 3.05) is 45.2 Å². The number of methoxy groups -OCH3 is 1. The number of ether oxygens (including phenoxy) is 1. The highest BCUT2D eigenvalue weighted by Gasteiger charge is 2.33. The van der Waals surface area contributed by atoms with E-state index in [2.05, 4.69) is 27.5 Å². The predicted octanol–water partition coefficient (Wildman–Crippen LogP) is 0.784. The lowest BCUT2D eigenvalue weighted by Crippen LogP contribution is -2.52. The number of hydrogen-bond acceptors (Lipinski definition) is 10. The number of hydrogen-bond donors (Lipinski definition) is 3. The molecular formula is C26H38ClN9O5. The first-order valence-corrected chi connectivity index (χ1v) is 13.3. The fraction of sp³-hybridized carbons (Fsp3) is 0.577.